The summed E-state index contributed by atoms with van der Waals surface area (Å²) in [6.07, 6.45) is 2.58. The molecule has 17 heavy (non-hydrogen) atoms. The van der Waals surface area contributed by atoms with E-state index in [0.29, 0.717) is 6.42 Å². The van der Waals surface area contributed by atoms with Crippen molar-refractivity contribution in [2.24, 2.45) is 0 Å². The zero-order valence-corrected chi connectivity index (χ0v) is 10.6. The van der Waals surface area contributed by atoms with Gasteiger partial charge in [-0.3, -0.25) is 4.79 Å². The van der Waals surface area contributed by atoms with Gasteiger partial charge in [0.2, 0.25) is 0 Å². The Morgan fingerprint density at radius 3 is 2.71 bits per heavy atom. The van der Waals surface area contributed by atoms with Gasteiger partial charge < -0.3 is 10.1 Å². The first-order valence-corrected chi connectivity index (χ1v) is 6.06. The number of hydrogen-bond acceptors (Lipinski definition) is 3. The van der Waals surface area contributed by atoms with E-state index in [4.69, 9.17) is 0 Å². The van der Waals surface area contributed by atoms with E-state index in [1.807, 2.05) is 13.0 Å². The minimum absolute atomic E-state index is 0.159. The van der Waals surface area contributed by atoms with Gasteiger partial charge in [0.1, 0.15) is 0 Å². The van der Waals surface area contributed by atoms with Gasteiger partial charge in [0, 0.05) is 6.04 Å². The summed E-state index contributed by atoms with van der Waals surface area (Å²) in [6, 6.07) is 10.6. The molecule has 0 saturated heterocycles. The fourth-order valence-electron chi connectivity index (χ4n) is 1.69. The Morgan fingerprint density at radius 1 is 1.35 bits per heavy atom. The van der Waals surface area contributed by atoms with Crippen molar-refractivity contribution in [1.29, 1.82) is 0 Å². The Hall–Kier alpha value is -1.35. The van der Waals surface area contributed by atoms with Gasteiger partial charge in [-0.25, -0.2) is 0 Å². The van der Waals surface area contributed by atoms with Crippen molar-refractivity contribution in [3.8, 4) is 0 Å². The largest absolute Gasteiger partial charge is 0.469 e. The maximum atomic E-state index is 11.0. The number of carbonyl (C=O) groups is 1. The maximum Gasteiger partial charge on any atom is 0.307 e. The summed E-state index contributed by atoms with van der Waals surface area (Å²) in [5, 5.41) is 3.32. The minimum atomic E-state index is -0.159. The first-order chi connectivity index (χ1) is 8.22. The molecule has 0 unspecified atom stereocenters. The third-order valence-electron chi connectivity index (χ3n) is 2.68. The van der Waals surface area contributed by atoms with Crippen LogP contribution in [0.3, 0.4) is 0 Å². The van der Waals surface area contributed by atoms with Crippen molar-refractivity contribution in [3.63, 3.8) is 0 Å². The molecule has 1 aromatic carbocycles. The molecule has 0 aliphatic carbocycles. The predicted molar refractivity (Wildman–Crippen MR) is 68.9 cm³/mol. The van der Waals surface area contributed by atoms with Crippen LogP contribution in [0.1, 0.15) is 25.3 Å². The van der Waals surface area contributed by atoms with Gasteiger partial charge in [-0.2, -0.15) is 0 Å². The standard InChI is InChI=1S/C14H21NO2/c1-12(11-14(16)17-2)15-10-6-9-13-7-4-3-5-8-13/h3-5,7-8,12,15H,6,9-11H2,1-2H3/t12-/m0/s1. The molecule has 3 heteroatoms. The predicted octanol–water partition coefficient (Wildman–Crippen LogP) is 2.16. The van der Waals surface area contributed by atoms with Crippen molar-refractivity contribution in [1.82, 2.24) is 5.32 Å². The van der Waals surface area contributed by atoms with Crippen LogP contribution < -0.4 is 5.32 Å². The summed E-state index contributed by atoms with van der Waals surface area (Å²) < 4.78 is 4.62. The molecule has 0 heterocycles. The first kappa shape index (κ1) is 13.7. The van der Waals surface area contributed by atoms with Crippen LogP contribution in [0.15, 0.2) is 30.3 Å². The second-order valence-corrected chi connectivity index (χ2v) is 4.22. The van der Waals surface area contributed by atoms with Gasteiger partial charge in [-0.15, -0.1) is 0 Å². The van der Waals surface area contributed by atoms with Crippen molar-refractivity contribution in [2.75, 3.05) is 13.7 Å². The van der Waals surface area contributed by atoms with E-state index >= 15 is 0 Å². The lowest BCUT2D eigenvalue weighted by molar-refractivity contribution is -0.141. The van der Waals surface area contributed by atoms with Gasteiger partial charge in [0.05, 0.1) is 13.5 Å². The van der Waals surface area contributed by atoms with Crippen molar-refractivity contribution >= 4 is 5.97 Å². The zero-order valence-electron chi connectivity index (χ0n) is 10.6. The molecule has 0 radical (unpaired) electrons. The number of ether oxygens (including phenoxy) is 1. The summed E-state index contributed by atoms with van der Waals surface area (Å²) in [7, 11) is 1.42. The molecule has 0 aliphatic heterocycles. The number of hydrogen-bond donors (Lipinski definition) is 1. The number of benzene rings is 1. The number of aryl methyl sites for hydroxylation is 1. The Kier molecular flexibility index (Phi) is 6.33. The van der Waals surface area contributed by atoms with Gasteiger partial charge in [-0.05, 0) is 31.9 Å². The van der Waals surface area contributed by atoms with Crippen LogP contribution in [0.5, 0.6) is 0 Å². The molecule has 0 amide bonds. The Morgan fingerprint density at radius 2 is 2.06 bits per heavy atom. The van der Waals surface area contributed by atoms with Crippen LogP contribution in [0.25, 0.3) is 0 Å². The van der Waals surface area contributed by atoms with Gasteiger partial charge in [-0.1, -0.05) is 30.3 Å². The van der Waals surface area contributed by atoms with Crippen LogP contribution in [0.4, 0.5) is 0 Å². The molecule has 0 bridgehead atoms. The number of methoxy groups -OCH3 is 1. The van der Waals surface area contributed by atoms with E-state index in [-0.39, 0.29) is 12.0 Å². The summed E-state index contributed by atoms with van der Waals surface area (Å²) in [6.45, 7) is 2.92. The molecule has 0 aliphatic rings. The van der Waals surface area contributed by atoms with E-state index in [0.717, 1.165) is 19.4 Å². The SMILES string of the molecule is COC(=O)C[C@H](C)NCCCc1ccccc1. The molecule has 0 spiro atoms. The molecule has 0 saturated carbocycles. The van der Waals surface area contributed by atoms with Crippen LogP contribution in [0, 0.1) is 0 Å². The van der Waals surface area contributed by atoms with Crippen molar-refractivity contribution in [2.45, 2.75) is 32.2 Å². The van der Waals surface area contributed by atoms with Crippen LogP contribution in [0.2, 0.25) is 0 Å². The molecule has 1 N–H and O–H groups in total. The molecule has 0 aromatic heterocycles. The van der Waals surface area contributed by atoms with E-state index in [1.165, 1.54) is 12.7 Å². The highest BCUT2D eigenvalue weighted by Crippen LogP contribution is 2.02. The normalized spacial score (nSPS) is 12.1. The second kappa shape index (κ2) is 7.85. The highest BCUT2D eigenvalue weighted by Gasteiger charge is 2.07. The number of rotatable bonds is 7. The lowest BCUT2D eigenvalue weighted by atomic mass is 10.1. The second-order valence-electron chi connectivity index (χ2n) is 4.22. The minimum Gasteiger partial charge on any atom is -0.469 e. The molecule has 1 aromatic rings. The molecule has 1 rings (SSSR count). The smallest absolute Gasteiger partial charge is 0.307 e. The first-order valence-electron chi connectivity index (χ1n) is 6.06. The van der Waals surface area contributed by atoms with Crippen LogP contribution in [-0.2, 0) is 16.0 Å². The Bertz CT molecular complexity index is 324. The molecule has 1 atom stereocenters. The van der Waals surface area contributed by atoms with E-state index in [9.17, 15) is 4.79 Å². The molecule has 3 nitrogen and oxygen atoms in total. The Balaban J connectivity index is 2.10. The number of esters is 1. The molecular weight excluding hydrogens is 214 g/mol. The highest BCUT2D eigenvalue weighted by molar-refractivity contribution is 5.69. The molecular formula is C14H21NO2. The zero-order chi connectivity index (χ0) is 12.5. The lowest BCUT2D eigenvalue weighted by Crippen LogP contribution is -2.29. The Labute approximate surface area is 103 Å². The monoisotopic (exact) mass is 235 g/mol. The van der Waals surface area contributed by atoms with E-state index in [2.05, 4.69) is 34.3 Å². The lowest BCUT2D eigenvalue weighted by Gasteiger charge is -2.12. The fraction of sp³-hybridized carbons (Fsp3) is 0.500. The quantitative estimate of drug-likeness (QED) is 0.581. The van der Waals surface area contributed by atoms with Gasteiger partial charge in [0.15, 0.2) is 0 Å². The number of nitrogens with one attached hydrogen (secondary N) is 1. The molecule has 0 fully saturated rings. The fourth-order valence-corrected chi connectivity index (χ4v) is 1.69. The summed E-state index contributed by atoms with van der Waals surface area (Å²) >= 11 is 0. The maximum absolute atomic E-state index is 11.0. The van der Waals surface area contributed by atoms with E-state index < -0.39 is 0 Å². The van der Waals surface area contributed by atoms with Crippen molar-refractivity contribution < 1.29 is 9.53 Å². The third-order valence-corrected chi connectivity index (χ3v) is 2.68. The average Bonchev–Trinajstić information content (AvgIpc) is 2.36. The van der Waals surface area contributed by atoms with E-state index in [1.54, 1.807) is 0 Å². The average molecular weight is 235 g/mol. The highest BCUT2D eigenvalue weighted by atomic mass is 16.5. The van der Waals surface area contributed by atoms with Crippen LogP contribution in [-0.4, -0.2) is 25.7 Å². The third kappa shape index (κ3) is 6.07. The number of carbonyl (C=O) groups excluding carboxylic acids is 1. The van der Waals surface area contributed by atoms with Crippen LogP contribution >= 0.6 is 0 Å². The van der Waals surface area contributed by atoms with Crippen molar-refractivity contribution in [3.05, 3.63) is 35.9 Å². The van der Waals surface area contributed by atoms with Gasteiger partial charge in [0.25, 0.3) is 0 Å². The molecule has 94 valence electrons. The summed E-state index contributed by atoms with van der Waals surface area (Å²) in [5.74, 6) is -0.159. The topological polar surface area (TPSA) is 38.3 Å². The summed E-state index contributed by atoms with van der Waals surface area (Å²) in [4.78, 5) is 11.0. The summed E-state index contributed by atoms with van der Waals surface area (Å²) in [5.41, 5.74) is 1.36. The van der Waals surface area contributed by atoms with Gasteiger partial charge >= 0.3 is 5.97 Å².